The normalized spacial score (nSPS) is 11.2. The number of rotatable bonds is 6. The van der Waals surface area contributed by atoms with Gasteiger partial charge in [-0.25, -0.2) is 8.42 Å². The maximum atomic E-state index is 12.8. The van der Waals surface area contributed by atoms with Gasteiger partial charge in [-0.1, -0.05) is 6.07 Å². The second-order valence-electron chi connectivity index (χ2n) is 5.69. The predicted octanol–water partition coefficient (Wildman–Crippen LogP) is 3.00. The third-order valence-corrected chi connectivity index (χ3v) is 5.06. The van der Waals surface area contributed by atoms with E-state index in [1.54, 1.807) is 12.1 Å². The Kier molecular flexibility index (Phi) is 6.46. The second-order valence-corrected chi connectivity index (χ2v) is 7.37. The van der Waals surface area contributed by atoms with E-state index in [-0.39, 0.29) is 29.2 Å². The monoisotopic (exact) mass is 422 g/mol. The minimum Gasteiger partial charge on any atom is -0.312 e. The van der Waals surface area contributed by atoms with Gasteiger partial charge in [-0.15, -0.1) is 0 Å². The summed E-state index contributed by atoms with van der Waals surface area (Å²) in [6, 6.07) is 11.8. The standard InChI is InChI=1S/C18H13F3N4O3S/c19-18(20,21)14-2-1-3-15(12-14)24-29(27,28)16-6-4-13(5-7-16)17(26)25(10-8-22)11-9-23/h1-7,12,24H,10-11H2. The molecule has 2 aromatic rings. The summed E-state index contributed by atoms with van der Waals surface area (Å²) in [5.41, 5.74) is -1.23. The molecule has 0 radical (unpaired) electrons. The second kappa shape index (κ2) is 8.63. The first-order valence-electron chi connectivity index (χ1n) is 7.92. The van der Waals surface area contributed by atoms with Gasteiger partial charge in [0.15, 0.2) is 0 Å². The summed E-state index contributed by atoms with van der Waals surface area (Å²) in [4.78, 5) is 13.0. The van der Waals surface area contributed by atoms with Crippen molar-refractivity contribution in [3.63, 3.8) is 0 Å². The number of nitrogens with zero attached hydrogens (tertiary/aromatic N) is 3. The van der Waals surface area contributed by atoms with Crippen LogP contribution < -0.4 is 4.72 Å². The Morgan fingerprint density at radius 2 is 1.62 bits per heavy atom. The quantitative estimate of drug-likeness (QED) is 0.719. The molecule has 0 aliphatic heterocycles. The van der Waals surface area contributed by atoms with Crippen LogP contribution >= 0.6 is 0 Å². The molecule has 1 N–H and O–H groups in total. The molecule has 0 unspecified atom stereocenters. The molecular formula is C18H13F3N4O3S. The molecule has 0 heterocycles. The van der Waals surface area contributed by atoms with E-state index < -0.39 is 27.7 Å². The number of carbonyl (C=O) groups excluding carboxylic acids is 1. The molecule has 0 saturated heterocycles. The smallest absolute Gasteiger partial charge is 0.312 e. The van der Waals surface area contributed by atoms with Crippen molar-refractivity contribution in [1.29, 1.82) is 10.5 Å². The van der Waals surface area contributed by atoms with E-state index in [4.69, 9.17) is 10.5 Å². The van der Waals surface area contributed by atoms with Crippen LogP contribution in [-0.2, 0) is 16.2 Å². The number of hydrogen-bond donors (Lipinski definition) is 1. The third-order valence-electron chi connectivity index (χ3n) is 3.66. The van der Waals surface area contributed by atoms with Crippen molar-refractivity contribution in [2.75, 3.05) is 17.8 Å². The number of benzene rings is 2. The maximum absolute atomic E-state index is 12.8. The van der Waals surface area contributed by atoms with E-state index in [1.807, 2.05) is 4.72 Å². The van der Waals surface area contributed by atoms with Crippen LogP contribution in [0.1, 0.15) is 15.9 Å². The van der Waals surface area contributed by atoms with Crippen LogP contribution in [0, 0.1) is 22.7 Å². The zero-order valence-corrected chi connectivity index (χ0v) is 15.5. The predicted molar refractivity (Wildman–Crippen MR) is 95.8 cm³/mol. The molecule has 0 aliphatic rings. The molecule has 7 nitrogen and oxygen atoms in total. The van der Waals surface area contributed by atoms with E-state index in [1.165, 1.54) is 18.2 Å². The fraction of sp³-hybridized carbons (Fsp3) is 0.167. The molecule has 2 rings (SSSR count). The van der Waals surface area contributed by atoms with Crippen LogP contribution in [0.3, 0.4) is 0 Å². The lowest BCUT2D eigenvalue weighted by atomic mass is 10.2. The van der Waals surface area contributed by atoms with E-state index in [9.17, 15) is 26.4 Å². The summed E-state index contributed by atoms with van der Waals surface area (Å²) in [7, 11) is -4.21. The van der Waals surface area contributed by atoms with E-state index in [0.29, 0.717) is 6.07 Å². The Morgan fingerprint density at radius 1 is 1.03 bits per heavy atom. The van der Waals surface area contributed by atoms with Crippen molar-refractivity contribution in [3.8, 4) is 12.1 Å². The van der Waals surface area contributed by atoms with Gasteiger partial charge in [0.1, 0.15) is 13.1 Å². The molecule has 0 aromatic heterocycles. The summed E-state index contributed by atoms with van der Waals surface area (Å²) in [5, 5.41) is 17.4. The lowest BCUT2D eigenvalue weighted by Crippen LogP contribution is -2.31. The van der Waals surface area contributed by atoms with E-state index >= 15 is 0 Å². The van der Waals surface area contributed by atoms with Gasteiger partial charge in [0, 0.05) is 11.3 Å². The number of carbonyl (C=O) groups is 1. The Hall–Kier alpha value is -3.57. The molecule has 0 aliphatic carbocycles. The molecular weight excluding hydrogens is 409 g/mol. The largest absolute Gasteiger partial charge is 0.416 e. The molecule has 150 valence electrons. The average Bonchev–Trinajstić information content (AvgIpc) is 2.66. The Labute approximate surface area is 164 Å². The molecule has 1 amide bonds. The highest BCUT2D eigenvalue weighted by atomic mass is 32.2. The van der Waals surface area contributed by atoms with Crippen LogP contribution in [0.5, 0.6) is 0 Å². The molecule has 11 heteroatoms. The molecule has 0 bridgehead atoms. The summed E-state index contributed by atoms with van der Waals surface area (Å²) in [6.45, 7) is -0.632. The van der Waals surface area contributed by atoms with Crippen molar-refractivity contribution >= 4 is 21.6 Å². The van der Waals surface area contributed by atoms with Gasteiger partial charge in [-0.2, -0.15) is 23.7 Å². The first kappa shape index (κ1) is 21.7. The van der Waals surface area contributed by atoms with Gasteiger partial charge >= 0.3 is 6.18 Å². The van der Waals surface area contributed by atoms with E-state index in [2.05, 4.69) is 0 Å². The van der Waals surface area contributed by atoms with Crippen LogP contribution in [0.2, 0.25) is 0 Å². The van der Waals surface area contributed by atoms with Gasteiger partial charge in [0.25, 0.3) is 15.9 Å². The molecule has 0 saturated carbocycles. The summed E-state index contributed by atoms with van der Waals surface area (Å²) < 4.78 is 65.2. The third kappa shape index (κ3) is 5.46. The van der Waals surface area contributed by atoms with Crippen LogP contribution in [-0.4, -0.2) is 32.3 Å². The minimum absolute atomic E-state index is 0.0496. The zero-order valence-electron chi connectivity index (χ0n) is 14.6. The Balaban J connectivity index is 2.24. The van der Waals surface area contributed by atoms with Gasteiger partial charge in [-0.3, -0.25) is 9.52 Å². The van der Waals surface area contributed by atoms with Gasteiger partial charge in [-0.05, 0) is 42.5 Å². The highest BCUT2D eigenvalue weighted by Crippen LogP contribution is 2.31. The number of sulfonamides is 1. The topological polar surface area (TPSA) is 114 Å². The number of hydrogen-bond acceptors (Lipinski definition) is 5. The van der Waals surface area contributed by atoms with E-state index in [0.717, 1.165) is 29.2 Å². The molecule has 0 spiro atoms. The Bertz CT molecular complexity index is 1070. The Morgan fingerprint density at radius 3 is 2.14 bits per heavy atom. The van der Waals surface area contributed by atoms with Crippen LogP contribution in [0.15, 0.2) is 53.4 Å². The fourth-order valence-corrected chi connectivity index (χ4v) is 3.35. The van der Waals surface area contributed by atoms with Crippen molar-refractivity contribution in [2.45, 2.75) is 11.1 Å². The lowest BCUT2D eigenvalue weighted by molar-refractivity contribution is -0.137. The number of anilines is 1. The van der Waals surface area contributed by atoms with Crippen molar-refractivity contribution in [2.24, 2.45) is 0 Å². The summed E-state index contributed by atoms with van der Waals surface area (Å²) in [5.74, 6) is -0.636. The molecule has 2 aromatic carbocycles. The van der Waals surface area contributed by atoms with Crippen molar-refractivity contribution in [1.82, 2.24) is 4.90 Å². The highest BCUT2D eigenvalue weighted by Gasteiger charge is 2.30. The van der Waals surface area contributed by atoms with Gasteiger partial charge in [0.05, 0.1) is 22.6 Å². The molecule has 29 heavy (non-hydrogen) atoms. The average molecular weight is 422 g/mol. The van der Waals surface area contributed by atoms with Gasteiger partial charge in [0.2, 0.25) is 0 Å². The summed E-state index contributed by atoms with van der Waals surface area (Å²) >= 11 is 0. The number of halogens is 3. The molecule has 0 fully saturated rings. The highest BCUT2D eigenvalue weighted by molar-refractivity contribution is 7.92. The van der Waals surface area contributed by atoms with Crippen molar-refractivity contribution in [3.05, 3.63) is 59.7 Å². The number of nitrogens with one attached hydrogen (secondary N) is 1. The first-order chi connectivity index (χ1) is 13.6. The van der Waals surface area contributed by atoms with Crippen LogP contribution in [0.25, 0.3) is 0 Å². The lowest BCUT2D eigenvalue weighted by Gasteiger charge is -2.16. The molecule has 0 atom stereocenters. The maximum Gasteiger partial charge on any atom is 0.416 e. The van der Waals surface area contributed by atoms with Crippen LogP contribution in [0.4, 0.5) is 18.9 Å². The zero-order chi connectivity index (χ0) is 21.7. The number of nitriles is 2. The number of amides is 1. The summed E-state index contributed by atoms with van der Waals surface area (Å²) in [6.07, 6.45) is -4.62. The first-order valence-corrected chi connectivity index (χ1v) is 9.40. The number of alkyl halides is 3. The fourth-order valence-electron chi connectivity index (χ4n) is 2.30. The minimum atomic E-state index is -4.62. The van der Waals surface area contributed by atoms with Crippen molar-refractivity contribution < 1.29 is 26.4 Å². The SMILES string of the molecule is N#CCN(CC#N)C(=O)c1ccc(S(=O)(=O)Nc2cccc(C(F)(F)F)c2)cc1. The van der Waals surface area contributed by atoms with Gasteiger partial charge < -0.3 is 4.90 Å².